The van der Waals surface area contributed by atoms with Crippen molar-refractivity contribution in [2.45, 2.75) is 19.9 Å². The van der Waals surface area contributed by atoms with Crippen molar-refractivity contribution in [2.75, 3.05) is 25.2 Å². The average Bonchev–Trinajstić information content (AvgIpc) is 3.20. The number of hydrogen-bond acceptors (Lipinski definition) is 8. The number of rotatable bonds is 9. The molecule has 0 aliphatic carbocycles. The van der Waals surface area contributed by atoms with Crippen LogP contribution in [0, 0.1) is 0 Å². The molecule has 30 heavy (non-hydrogen) atoms. The van der Waals surface area contributed by atoms with E-state index >= 15 is 0 Å². The lowest BCUT2D eigenvalue weighted by Gasteiger charge is -2.16. The Morgan fingerprint density at radius 3 is 2.47 bits per heavy atom. The van der Waals surface area contributed by atoms with E-state index in [9.17, 15) is 13.2 Å². The summed E-state index contributed by atoms with van der Waals surface area (Å²) in [5.41, 5.74) is 1.17. The highest BCUT2D eigenvalue weighted by molar-refractivity contribution is 8.00. The van der Waals surface area contributed by atoms with Gasteiger partial charge in [-0.1, -0.05) is 53.4 Å². The van der Waals surface area contributed by atoms with Gasteiger partial charge in [-0.15, -0.1) is 22.0 Å². The third-order valence-corrected chi connectivity index (χ3v) is 8.60. The van der Waals surface area contributed by atoms with Crippen molar-refractivity contribution in [1.29, 1.82) is 0 Å². The molecule has 3 rings (SSSR count). The van der Waals surface area contributed by atoms with Gasteiger partial charge in [-0.05, 0) is 36.1 Å². The van der Waals surface area contributed by atoms with Gasteiger partial charge in [0.1, 0.15) is 0 Å². The Kier molecular flexibility index (Phi) is 7.89. The van der Waals surface area contributed by atoms with Crippen molar-refractivity contribution in [1.82, 2.24) is 14.5 Å². The monoisotopic (exact) mass is 480 g/mol. The Hall–Kier alpha value is -1.92. The largest absolute Gasteiger partial charge is 0.299 e. The second-order valence-corrected chi connectivity index (χ2v) is 11.3. The predicted molar refractivity (Wildman–Crippen MR) is 123 cm³/mol. The number of thioether (sulfide) groups is 2. The first kappa shape index (κ1) is 22.8. The lowest BCUT2D eigenvalue weighted by atomic mass is 10.2. The van der Waals surface area contributed by atoms with Crippen molar-refractivity contribution in [3.8, 4) is 0 Å². The molecular formula is C19H20N4O3S4. The number of likely N-dealkylation sites (N-methyl/N-ethyl adjacent to an activating group) is 1. The molecule has 0 saturated heterocycles. The second kappa shape index (κ2) is 10.4. The first-order chi connectivity index (χ1) is 14.4. The molecular weight excluding hydrogens is 461 g/mol. The molecule has 1 amide bonds. The maximum Gasteiger partial charge on any atom is 0.243 e. The smallest absolute Gasteiger partial charge is 0.243 e. The van der Waals surface area contributed by atoms with Gasteiger partial charge in [0.25, 0.3) is 0 Å². The highest BCUT2D eigenvalue weighted by atomic mass is 32.2. The molecule has 0 saturated carbocycles. The summed E-state index contributed by atoms with van der Waals surface area (Å²) in [4.78, 5) is 13.4. The Labute approximate surface area is 188 Å². The van der Waals surface area contributed by atoms with Crippen molar-refractivity contribution in [3.63, 3.8) is 0 Å². The number of nitrogens with zero attached hydrogens (tertiary/aromatic N) is 3. The zero-order valence-electron chi connectivity index (χ0n) is 16.3. The SMILES string of the molecule is CSc1ccc(S(=O)(=O)N(C)CC(=O)Nc2nnc(SCc3ccccc3)s2)cc1. The molecule has 7 nitrogen and oxygen atoms in total. The topological polar surface area (TPSA) is 92.3 Å². The molecule has 0 unspecified atom stereocenters. The number of nitrogens with one attached hydrogen (secondary N) is 1. The number of sulfonamides is 1. The molecule has 0 bridgehead atoms. The van der Waals surface area contributed by atoms with E-state index in [-0.39, 0.29) is 11.4 Å². The number of benzene rings is 2. The first-order valence-corrected chi connectivity index (χ1v) is 13.3. The second-order valence-electron chi connectivity index (χ2n) is 6.13. The summed E-state index contributed by atoms with van der Waals surface area (Å²) in [6.07, 6.45) is 1.92. The maximum atomic E-state index is 12.7. The maximum absolute atomic E-state index is 12.7. The number of aromatic nitrogens is 2. The predicted octanol–water partition coefficient (Wildman–Crippen LogP) is 3.81. The Morgan fingerprint density at radius 2 is 1.80 bits per heavy atom. The van der Waals surface area contributed by atoms with Crippen LogP contribution in [0.3, 0.4) is 0 Å². The van der Waals surface area contributed by atoms with Gasteiger partial charge < -0.3 is 0 Å². The zero-order chi connectivity index (χ0) is 21.6. The molecule has 1 N–H and O–H groups in total. The summed E-state index contributed by atoms with van der Waals surface area (Å²) < 4.78 is 27.1. The fourth-order valence-corrected chi connectivity index (χ4v) is 5.67. The van der Waals surface area contributed by atoms with Gasteiger partial charge >= 0.3 is 0 Å². The van der Waals surface area contributed by atoms with Crippen LogP contribution in [-0.4, -0.2) is 48.7 Å². The summed E-state index contributed by atoms with van der Waals surface area (Å²) in [6, 6.07) is 16.5. The highest BCUT2D eigenvalue weighted by Crippen LogP contribution is 2.28. The van der Waals surface area contributed by atoms with Crippen molar-refractivity contribution in [2.24, 2.45) is 0 Å². The minimum Gasteiger partial charge on any atom is -0.299 e. The molecule has 158 valence electrons. The van der Waals surface area contributed by atoms with Gasteiger partial charge in [0.15, 0.2) is 4.34 Å². The molecule has 11 heteroatoms. The van der Waals surface area contributed by atoms with Crippen LogP contribution in [0.15, 0.2) is 68.7 Å². The van der Waals surface area contributed by atoms with E-state index in [2.05, 4.69) is 15.5 Å². The third-order valence-electron chi connectivity index (χ3n) is 3.99. The molecule has 1 aromatic heterocycles. The van der Waals surface area contributed by atoms with E-state index in [0.29, 0.717) is 5.13 Å². The normalized spacial score (nSPS) is 11.6. The first-order valence-electron chi connectivity index (χ1n) is 8.79. The molecule has 1 heterocycles. The summed E-state index contributed by atoms with van der Waals surface area (Å²) in [7, 11) is -2.39. The Morgan fingerprint density at radius 1 is 1.10 bits per heavy atom. The third kappa shape index (κ3) is 6.05. The number of anilines is 1. The van der Waals surface area contributed by atoms with Crippen LogP contribution < -0.4 is 5.32 Å². The molecule has 3 aromatic rings. The minimum absolute atomic E-state index is 0.145. The molecule has 0 aliphatic heterocycles. The lowest BCUT2D eigenvalue weighted by molar-refractivity contribution is -0.116. The molecule has 0 spiro atoms. The number of carbonyl (C=O) groups excluding carboxylic acids is 1. The van der Waals surface area contributed by atoms with Crippen molar-refractivity contribution in [3.05, 3.63) is 60.2 Å². The summed E-state index contributed by atoms with van der Waals surface area (Å²) in [5, 5.41) is 11.0. The van der Waals surface area contributed by atoms with Crippen LogP contribution >= 0.6 is 34.9 Å². The Balaban J connectivity index is 1.55. The van der Waals surface area contributed by atoms with Crippen LogP contribution in [0.5, 0.6) is 0 Å². The van der Waals surface area contributed by atoms with Gasteiger partial charge in [0.05, 0.1) is 11.4 Å². The van der Waals surface area contributed by atoms with Gasteiger partial charge in [-0.25, -0.2) is 8.42 Å². The van der Waals surface area contributed by atoms with Gasteiger partial charge in [0.2, 0.25) is 21.1 Å². The quantitative estimate of drug-likeness (QED) is 0.368. The van der Waals surface area contributed by atoms with Crippen LogP contribution in [0.2, 0.25) is 0 Å². The van der Waals surface area contributed by atoms with Crippen LogP contribution in [0.25, 0.3) is 0 Å². The lowest BCUT2D eigenvalue weighted by Crippen LogP contribution is -2.34. The van der Waals surface area contributed by atoms with Crippen molar-refractivity contribution >= 4 is 55.9 Å². The molecule has 0 radical (unpaired) electrons. The van der Waals surface area contributed by atoms with Gasteiger partial charge in [-0.2, -0.15) is 4.31 Å². The van der Waals surface area contributed by atoms with E-state index in [1.165, 1.54) is 59.6 Å². The standard InChI is InChI=1S/C19H20N4O3S4/c1-23(30(25,26)16-10-8-15(27-2)9-11-16)12-17(24)20-18-21-22-19(29-18)28-13-14-6-4-3-5-7-14/h3-11H,12-13H2,1-2H3,(H,20,21,24). The minimum atomic E-state index is -3.76. The average molecular weight is 481 g/mol. The van der Waals surface area contributed by atoms with E-state index < -0.39 is 15.9 Å². The van der Waals surface area contributed by atoms with Crippen LogP contribution in [0.1, 0.15) is 5.56 Å². The molecule has 0 fully saturated rings. The number of hydrogen-bond donors (Lipinski definition) is 1. The molecule has 0 atom stereocenters. The van der Waals surface area contributed by atoms with Crippen molar-refractivity contribution < 1.29 is 13.2 Å². The van der Waals surface area contributed by atoms with E-state index in [4.69, 9.17) is 0 Å². The van der Waals surface area contributed by atoms with Crippen LogP contribution in [0.4, 0.5) is 5.13 Å². The van der Waals surface area contributed by atoms with E-state index in [1.807, 2.05) is 36.6 Å². The summed E-state index contributed by atoms with van der Waals surface area (Å²) >= 11 is 4.31. The summed E-state index contributed by atoms with van der Waals surface area (Å²) in [6.45, 7) is -0.321. The molecule has 0 aliphatic rings. The van der Waals surface area contributed by atoms with E-state index in [1.54, 1.807) is 12.1 Å². The zero-order valence-corrected chi connectivity index (χ0v) is 19.6. The van der Waals surface area contributed by atoms with E-state index in [0.717, 1.165) is 19.3 Å². The fourth-order valence-electron chi connectivity index (χ4n) is 2.41. The van der Waals surface area contributed by atoms with Crippen LogP contribution in [-0.2, 0) is 20.6 Å². The molecule has 2 aromatic carbocycles. The fraction of sp³-hybridized carbons (Fsp3) is 0.211. The number of carbonyl (C=O) groups is 1. The number of amides is 1. The highest BCUT2D eigenvalue weighted by Gasteiger charge is 2.23. The Bertz CT molecular complexity index is 1090. The van der Waals surface area contributed by atoms with Gasteiger partial charge in [0, 0.05) is 17.7 Å². The summed E-state index contributed by atoms with van der Waals surface area (Å²) in [5.74, 6) is 0.275. The van der Waals surface area contributed by atoms with Gasteiger partial charge in [-0.3, -0.25) is 10.1 Å².